The number of thioether (sulfide) groups is 1. The second-order valence-electron chi connectivity index (χ2n) is 4.58. The zero-order chi connectivity index (χ0) is 15.4. The van der Waals surface area contributed by atoms with E-state index in [1.807, 2.05) is 6.92 Å². The minimum atomic E-state index is -0.511. The summed E-state index contributed by atoms with van der Waals surface area (Å²) in [5.41, 5.74) is 7.82. The molecule has 2 rings (SSSR count). The first-order valence-electron chi connectivity index (χ1n) is 6.42. The summed E-state index contributed by atoms with van der Waals surface area (Å²) in [5, 5.41) is 0. The molecule has 1 heterocycles. The summed E-state index contributed by atoms with van der Waals surface area (Å²) in [6.07, 6.45) is 0. The van der Waals surface area contributed by atoms with Crippen LogP contribution in [0.25, 0.3) is 0 Å². The van der Waals surface area contributed by atoms with E-state index in [0.29, 0.717) is 17.3 Å². The maximum absolute atomic E-state index is 11.6. The van der Waals surface area contributed by atoms with Gasteiger partial charge in [0.1, 0.15) is 17.2 Å². The highest BCUT2D eigenvalue weighted by Gasteiger charge is 2.17. The molecular weight excluding hydrogens is 286 g/mol. The van der Waals surface area contributed by atoms with Crippen LogP contribution in [0, 0.1) is 13.8 Å². The van der Waals surface area contributed by atoms with E-state index in [4.69, 9.17) is 5.73 Å². The SMILES string of the molecule is COC(=O)c1c(C)nc(CSc2ccc(C)cc2)nc1N. The van der Waals surface area contributed by atoms with Crippen LogP contribution in [-0.2, 0) is 10.5 Å². The van der Waals surface area contributed by atoms with Gasteiger partial charge in [-0.3, -0.25) is 0 Å². The van der Waals surface area contributed by atoms with Crippen molar-refractivity contribution in [1.82, 2.24) is 9.97 Å². The number of benzene rings is 1. The number of esters is 1. The molecule has 0 aliphatic rings. The van der Waals surface area contributed by atoms with Gasteiger partial charge in [-0.2, -0.15) is 0 Å². The molecule has 6 heteroatoms. The molecular formula is C15H17N3O2S. The van der Waals surface area contributed by atoms with E-state index in [1.54, 1.807) is 18.7 Å². The summed E-state index contributed by atoms with van der Waals surface area (Å²) in [4.78, 5) is 21.2. The minimum absolute atomic E-state index is 0.161. The van der Waals surface area contributed by atoms with E-state index in [9.17, 15) is 4.79 Å². The second kappa shape index (κ2) is 6.58. The molecule has 110 valence electrons. The Labute approximate surface area is 127 Å². The largest absolute Gasteiger partial charge is 0.465 e. The standard InChI is InChI=1S/C15H17N3O2S/c1-9-4-6-11(7-5-9)21-8-12-17-10(2)13(14(16)18-12)15(19)20-3/h4-7H,8H2,1-3H3,(H2,16,17,18). The highest BCUT2D eigenvalue weighted by molar-refractivity contribution is 7.98. The lowest BCUT2D eigenvalue weighted by molar-refractivity contribution is 0.0600. The van der Waals surface area contributed by atoms with E-state index < -0.39 is 5.97 Å². The average Bonchev–Trinajstić information content (AvgIpc) is 2.45. The van der Waals surface area contributed by atoms with Crippen LogP contribution in [0.5, 0.6) is 0 Å². The Morgan fingerprint density at radius 1 is 1.24 bits per heavy atom. The number of rotatable bonds is 4. The van der Waals surface area contributed by atoms with Gasteiger partial charge < -0.3 is 10.5 Å². The van der Waals surface area contributed by atoms with Crippen LogP contribution in [0.1, 0.15) is 27.4 Å². The summed E-state index contributed by atoms with van der Waals surface area (Å²) in [6, 6.07) is 8.23. The summed E-state index contributed by atoms with van der Waals surface area (Å²) in [7, 11) is 1.31. The molecule has 1 aromatic heterocycles. The van der Waals surface area contributed by atoms with Gasteiger partial charge in [-0.15, -0.1) is 11.8 Å². The number of carbonyl (C=O) groups is 1. The van der Waals surface area contributed by atoms with Gasteiger partial charge in [0.05, 0.1) is 18.6 Å². The molecule has 0 amide bonds. The maximum atomic E-state index is 11.6. The lowest BCUT2D eigenvalue weighted by Gasteiger charge is -2.08. The van der Waals surface area contributed by atoms with Crippen LogP contribution in [0.2, 0.25) is 0 Å². The van der Waals surface area contributed by atoms with Gasteiger partial charge in [0.2, 0.25) is 0 Å². The third-order valence-electron chi connectivity index (χ3n) is 2.94. The number of carbonyl (C=O) groups excluding carboxylic acids is 1. The Morgan fingerprint density at radius 3 is 2.48 bits per heavy atom. The number of nitrogens with zero attached hydrogens (tertiary/aromatic N) is 2. The number of aromatic nitrogens is 2. The van der Waals surface area contributed by atoms with E-state index in [0.717, 1.165) is 4.90 Å². The van der Waals surface area contributed by atoms with Gasteiger partial charge in [-0.25, -0.2) is 14.8 Å². The first-order chi connectivity index (χ1) is 10.0. The summed E-state index contributed by atoms with van der Waals surface area (Å²) in [5.74, 6) is 0.843. The molecule has 0 saturated heterocycles. The van der Waals surface area contributed by atoms with Crippen LogP contribution >= 0.6 is 11.8 Å². The van der Waals surface area contributed by atoms with Crippen molar-refractivity contribution in [3.8, 4) is 0 Å². The number of nitrogen functional groups attached to an aromatic ring is 1. The van der Waals surface area contributed by atoms with Crippen molar-refractivity contribution in [2.75, 3.05) is 12.8 Å². The molecule has 0 aliphatic carbocycles. The van der Waals surface area contributed by atoms with Gasteiger partial charge in [0.25, 0.3) is 0 Å². The number of anilines is 1. The predicted molar refractivity (Wildman–Crippen MR) is 83.3 cm³/mol. The second-order valence-corrected chi connectivity index (χ2v) is 5.63. The number of aryl methyl sites for hydroxylation is 2. The number of methoxy groups -OCH3 is 1. The monoisotopic (exact) mass is 303 g/mol. The molecule has 0 saturated carbocycles. The predicted octanol–water partition coefficient (Wildman–Crippen LogP) is 2.75. The van der Waals surface area contributed by atoms with Crippen molar-refractivity contribution in [2.24, 2.45) is 0 Å². The molecule has 0 fully saturated rings. The fourth-order valence-electron chi connectivity index (χ4n) is 1.86. The molecule has 0 radical (unpaired) electrons. The molecule has 2 N–H and O–H groups in total. The van der Waals surface area contributed by atoms with Crippen LogP contribution in [0.3, 0.4) is 0 Å². The van der Waals surface area contributed by atoms with E-state index in [-0.39, 0.29) is 11.4 Å². The molecule has 21 heavy (non-hydrogen) atoms. The van der Waals surface area contributed by atoms with Gasteiger partial charge in [-0.05, 0) is 26.0 Å². The lowest BCUT2D eigenvalue weighted by atomic mass is 10.2. The Balaban J connectivity index is 2.14. The van der Waals surface area contributed by atoms with Crippen LogP contribution < -0.4 is 5.73 Å². The topological polar surface area (TPSA) is 78.1 Å². The normalized spacial score (nSPS) is 10.4. The maximum Gasteiger partial charge on any atom is 0.343 e. The molecule has 0 spiro atoms. The van der Waals surface area contributed by atoms with Crippen molar-refractivity contribution < 1.29 is 9.53 Å². The van der Waals surface area contributed by atoms with Gasteiger partial charge in [0, 0.05) is 4.90 Å². The number of ether oxygens (including phenoxy) is 1. The van der Waals surface area contributed by atoms with E-state index in [1.165, 1.54) is 12.7 Å². The molecule has 0 atom stereocenters. The Kier molecular flexibility index (Phi) is 4.80. The van der Waals surface area contributed by atoms with E-state index >= 15 is 0 Å². The quantitative estimate of drug-likeness (QED) is 0.691. The highest BCUT2D eigenvalue weighted by atomic mass is 32.2. The summed E-state index contributed by atoms with van der Waals surface area (Å²) in [6.45, 7) is 3.78. The Hall–Kier alpha value is -2.08. The summed E-state index contributed by atoms with van der Waals surface area (Å²) >= 11 is 1.62. The van der Waals surface area contributed by atoms with Crippen molar-refractivity contribution >= 4 is 23.5 Å². The zero-order valence-corrected chi connectivity index (χ0v) is 13.0. The first-order valence-corrected chi connectivity index (χ1v) is 7.40. The smallest absolute Gasteiger partial charge is 0.343 e. The minimum Gasteiger partial charge on any atom is -0.465 e. The van der Waals surface area contributed by atoms with Crippen LogP contribution in [0.15, 0.2) is 29.2 Å². The van der Waals surface area contributed by atoms with Crippen LogP contribution in [0.4, 0.5) is 5.82 Å². The molecule has 0 unspecified atom stereocenters. The number of hydrogen-bond donors (Lipinski definition) is 1. The highest BCUT2D eigenvalue weighted by Crippen LogP contribution is 2.23. The molecule has 0 bridgehead atoms. The number of hydrogen-bond acceptors (Lipinski definition) is 6. The first kappa shape index (κ1) is 15.3. The van der Waals surface area contributed by atoms with Crippen molar-refractivity contribution in [1.29, 1.82) is 0 Å². The Morgan fingerprint density at radius 2 is 1.90 bits per heavy atom. The molecule has 5 nitrogen and oxygen atoms in total. The summed E-state index contributed by atoms with van der Waals surface area (Å²) < 4.78 is 4.67. The third-order valence-corrected chi connectivity index (χ3v) is 3.95. The van der Waals surface area contributed by atoms with Crippen molar-refractivity contribution in [2.45, 2.75) is 24.5 Å². The fourth-order valence-corrected chi connectivity index (χ4v) is 2.61. The van der Waals surface area contributed by atoms with Gasteiger partial charge in [-0.1, -0.05) is 17.7 Å². The van der Waals surface area contributed by atoms with Crippen molar-refractivity contribution in [3.63, 3.8) is 0 Å². The molecule has 2 aromatic rings. The third kappa shape index (κ3) is 3.72. The van der Waals surface area contributed by atoms with E-state index in [2.05, 4.69) is 39.0 Å². The van der Waals surface area contributed by atoms with Crippen LogP contribution in [-0.4, -0.2) is 23.0 Å². The van der Waals surface area contributed by atoms with Gasteiger partial charge in [0.15, 0.2) is 0 Å². The average molecular weight is 303 g/mol. The molecule has 1 aromatic carbocycles. The number of nitrogens with two attached hydrogens (primary N) is 1. The Bertz CT molecular complexity index is 633. The van der Waals surface area contributed by atoms with Gasteiger partial charge >= 0.3 is 5.97 Å². The zero-order valence-electron chi connectivity index (χ0n) is 12.2. The van der Waals surface area contributed by atoms with Crippen molar-refractivity contribution in [3.05, 3.63) is 46.9 Å². The lowest BCUT2D eigenvalue weighted by Crippen LogP contribution is -2.13. The molecule has 0 aliphatic heterocycles. The fraction of sp³-hybridized carbons (Fsp3) is 0.267.